The Bertz CT molecular complexity index is 1170. The van der Waals surface area contributed by atoms with Gasteiger partial charge >= 0.3 is 0 Å². The molecule has 0 saturated carbocycles. The molecule has 0 unspecified atom stereocenters. The van der Waals surface area contributed by atoms with Crippen LogP contribution in [0, 0.1) is 0 Å². The van der Waals surface area contributed by atoms with Crippen molar-refractivity contribution in [1.82, 2.24) is 14.9 Å². The molecule has 1 amide bonds. The number of hydrogen-bond donors (Lipinski definition) is 1. The molecule has 0 bridgehead atoms. The molecule has 0 saturated heterocycles. The molecule has 0 atom stereocenters. The Hall–Kier alpha value is -3.80. The largest absolute Gasteiger partial charge is 0.454 e. The number of nitrogens with zero attached hydrogens (tertiary/aromatic N) is 2. The third-order valence-electron chi connectivity index (χ3n) is 4.67. The predicted octanol–water partition coefficient (Wildman–Crippen LogP) is 3.68. The summed E-state index contributed by atoms with van der Waals surface area (Å²) in [4.78, 5) is 17.5. The van der Waals surface area contributed by atoms with Crippen LogP contribution in [0.3, 0.4) is 0 Å². The van der Waals surface area contributed by atoms with Crippen LogP contribution in [0.15, 0.2) is 72.8 Å². The second-order valence-electron chi connectivity index (χ2n) is 6.47. The highest BCUT2D eigenvalue weighted by atomic mass is 16.7. The third kappa shape index (κ3) is 2.85. The van der Waals surface area contributed by atoms with Crippen molar-refractivity contribution in [2.24, 2.45) is 0 Å². The number of rotatable bonds is 4. The number of hydrogen-bond acceptors (Lipinski definition) is 4. The first-order valence-electron chi connectivity index (χ1n) is 8.99. The minimum Gasteiger partial charge on any atom is -0.454 e. The maximum absolute atomic E-state index is 13.0. The highest BCUT2D eigenvalue weighted by molar-refractivity contribution is 5.96. The zero-order valence-electron chi connectivity index (χ0n) is 15.0. The molecule has 1 N–H and O–H groups in total. The van der Waals surface area contributed by atoms with Crippen molar-refractivity contribution >= 4 is 16.9 Å². The van der Waals surface area contributed by atoms with Crippen molar-refractivity contribution in [2.45, 2.75) is 6.54 Å². The number of carbonyl (C=O) groups is 1. The molecule has 5 rings (SSSR count). The van der Waals surface area contributed by atoms with Crippen molar-refractivity contribution < 1.29 is 14.3 Å². The van der Waals surface area contributed by atoms with Gasteiger partial charge in [0.15, 0.2) is 11.5 Å². The number of benzene rings is 3. The number of carbonyl (C=O) groups excluding carboxylic acids is 1. The summed E-state index contributed by atoms with van der Waals surface area (Å²) in [5.74, 6) is 1.54. The highest BCUT2D eigenvalue weighted by Gasteiger charge is 2.19. The van der Waals surface area contributed by atoms with Crippen molar-refractivity contribution in [3.63, 3.8) is 0 Å². The van der Waals surface area contributed by atoms with Gasteiger partial charge in [0.25, 0.3) is 5.91 Å². The Morgan fingerprint density at radius 2 is 1.75 bits per heavy atom. The second-order valence-corrected chi connectivity index (χ2v) is 6.47. The molecule has 2 heterocycles. The lowest BCUT2D eigenvalue weighted by molar-refractivity contribution is 0.0939. The summed E-state index contributed by atoms with van der Waals surface area (Å²) in [7, 11) is 0. The van der Waals surface area contributed by atoms with E-state index in [0.29, 0.717) is 18.1 Å². The maximum Gasteiger partial charge on any atom is 0.287 e. The van der Waals surface area contributed by atoms with Gasteiger partial charge in [-0.1, -0.05) is 36.4 Å². The lowest BCUT2D eigenvalue weighted by Crippen LogP contribution is -2.26. The molecule has 0 fully saturated rings. The summed E-state index contributed by atoms with van der Waals surface area (Å²) in [6, 6.07) is 23.1. The van der Waals surface area contributed by atoms with Crippen LogP contribution in [0.25, 0.3) is 16.7 Å². The Morgan fingerprint density at radius 3 is 2.64 bits per heavy atom. The van der Waals surface area contributed by atoms with E-state index in [1.165, 1.54) is 0 Å². The van der Waals surface area contributed by atoms with Crippen LogP contribution in [0.4, 0.5) is 0 Å². The minimum atomic E-state index is -0.238. The Balaban J connectivity index is 1.46. The molecule has 4 aromatic rings. The number of para-hydroxylation sites is 3. The van der Waals surface area contributed by atoms with Crippen LogP contribution in [-0.4, -0.2) is 22.3 Å². The Morgan fingerprint density at radius 1 is 0.964 bits per heavy atom. The lowest BCUT2D eigenvalue weighted by atomic mass is 10.2. The van der Waals surface area contributed by atoms with E-state index in [1.807, 2.05) is 77.4 Å². The van der Waals surface area contributed by atoms with E-state index < -0.39 is 0 Å². The van der Waals surface area contributed by atoms with Gasteiger partial charge in [0.1, 0.15) is 0 Å². The number of ether oxygens (including phenoxy) is 2. The number of imidazole rings is 1. The molecule has 1 aromatic heterocycles. The van der Waals surface area contributed by atoms with Gasteiger partial charge in [-0.25, -0.2) is 4.98 Å². The van der Waals surface area contributed by atoms with Crippen LogP contribution in [0.1, 0.15) is 16.2 Å². The zero-order chi connectivity index (χ0) is 18.9. The summed E-state index contributed by atoms with van der Waals surface area (Å²) in [6.07, 6.45) is 0. The topological polar surface area (TPSA) is 65.4 Å². The molecule has 0 aliphatic carbocycles. The zero-order valence-corrected chi connectivity index (χ0v) is 15.0. The fraction of sp³-hybridized carbons (Fsp3) is 0.0909. The molecular formula is C22H17N3O3. The van der Waals surface area contributed by atoms with E-state index in [9.17, 15) is 4.79 Å². The molecule has 0 radical (unpaired) electrons. The average Bonchev–Trinajstić information content (AvgIpc) is 3.36. The van der Waals surface area contributed by atoms with Crippen LogP contribution >= 0.6 is 0 Å². The fourth-order valence-electron chi connectivity index (χ4n) is 3.33. The van der Waals surface area contributed by atoms with E-state index in [1.54, 1.807) is 0 Å². The van der Waals surface area contributed by atoms with Gasteiger partial charge in [-0.3, -0.25) is 9.36 Å². The van der Waals surface area contributed by atoms with Gasteiger partial charge in [-0.15, -0.1) is 0 Å². The normalized spacial score (nSPS) is 12.3. The van der Waals surface area contributed by atoms with E-state index >= 15 is 0 Å². The molecule has 138 valence electrons. The van der Waals surface area contributed by atoms with Crippen molar-refractivity contribution in [1.29, 1.82) is 0 Å². The van der Waals surface area contributed by atoms with Gasteiger partial charge in [0.05, 0.1) is 11.0 Å². The van der Waals surface area contributed by atoms with Crippen LogP contribution in [0.5, 0.6) is 11.5 Å². The predicted molar refractivity (Wildman–Crippen MR) is 105 cm³/mol. The maximum atomic E-state index is 13.0. The Labute approximate surface area is 161 Å². The quantitative estimate of drug-likeness (QED) is 0.594. The summed E-state index contributed by atoms with van der Waals surface area (Å²) in [6.45, 7) is 0.597. The summed E-state index contributed by atoms with van der Waals surface area (Å²) >= 11 is 0. The lowest BCUT2D eigenvalue weighted by Gasteiger charge is -2.10. The van der Waals surface area contributed by atoms with Gasteiger partial charge in [0.2, 0.25) is 12.6 Å². The molecule has 28 heavy (non-hydrogen) atoms. The summed E-state index contributed by atoms with van der Waals surface area (Å²) < 4.78 is 12.6. The smallest absolute Gasteiger partial charge is 0.287 e. The first-order chi connectivity index (χ1) is 13.8. The number of nitrogens with one attached hydrogen (secondary N) is 1. The fourth-order valence-corrected chi connectivity index (χ4v) is 3.33. The minimum absolute atomic E-state index is 0.228. The first kappa shape index (κ1) is 16.4. The standard InChI is InChI=1S/C22H17N3O3/c26-22(23-13-15-10-11-19-20(12-15)28-14-27-19)21-24-17-8-4-5-9-18(17)25(21)16-6-2-1-3-7-16/h1-12H,13-14H2,(H,23,26). The molecule has 0 spiro atoms. The van der Waals surface area contributed by atoms with E-state index in [-0.39, 0.29) is 12.7 Å². The van der Waals surface area contributed by atoms with E-state index in [0.717, 1.165) is 28.0 Å². The molecule has 1 aliphatic rings. The number of amides is 1. The monoisotopic (exact) mass is 371 g/mol. The van der Waals surface area contributed by atoms with Crippen molar-refractivity contribution in [2.75, 3.05) is 6.79 Å². The first-order valence-corrected chi connectivity index (χ1v) is 8.99. The van der Waals surface area contributed by atoms with Crippen LogP contribution < -0.4 is 14.8 Å². The molecule has 6 heteroatoms. The van der Waals surface area contributed by atoms with Crippen molar-refractivity contribution in [3.8, 4) is 17.2 Å². The molecule has 1 aliphatic heterocycles. The van der Waals surface area contributed by atoms with Crippen molar-refractivity contribution in [3.05, 3.63) is 84.2 Å². The molecule has 3 aromatic carbocycles. The average molecular weight is 371 g/mol. The number of aromatic nitrogens is 2. The van der Waals surface area contributed by atoms with Crippen LogP contribution in [0.2, 0.25) is 0 Å². The second kappa shape index (κ2) is 6.74. The number of fused-ring (bicyclic) bond motifs is 2. The van der Waals surface area contributed by atoms with E-state index in [4.69, 9.17) is 9.47 Å². The van der Waals surface area contributed by atoms with Gasteiger partial charge in [-0.2, -0.15) is 0 Å². The van der Waals surface area contributed by atoms with Crippen LogP contribution in [-0.2, 0) is 6.54 Å². The van der Waals surface area contributed by atoms with Gasteiger partial charge in [-0.05, 0) is 42.0 Å². The third-order valence-corrected chi connectivity index (χ3v) is 4.67. The Kier molecular flexibility index (Phi) is 3.94. The molecular weight excluding hydrogens is 354 g/mol. The van der Waals surface area contributed by atoms with Gasteiger partial charge < -0.3 is 14.8 Å². The van der Waals surface area contributed by atoms with E-state index in [2.05, 4.69) is 10.3 Å². The SMILES string of the molecule is O=C(NCc1ccc2c(c1)OCO2)c1nc2ccccc2n1-c1ccccc1. The summed E-state index contributed by atoms with van der Waals surface area (Å²) in [5.41, 5.74) is 3.49. The summed E-state index contributed by atoms with van der Waals surface area (Å²) in [5, 5.41) is 2.96. The van der Waals surface area contributed by atoms with Gasteiger partial charge in [0, 0.05) is 12.2 Å². The highest BCUT2D eigenvalue weighted by Crippen LogP contribution is 2.32. The molecule has 6 nitrogen and oxygen atoms in total.